The average Bonchev–Trinajstić information content (AvgIpc) is 3.03. The predicted octanol–water partition coefficient (Wildman–Crippen LogP) is 4.66. The fraction of sp³-hybridized carbons (Fsp3) is 0.667. The summed E-state index contributed by atoms with van der Waals surface area (Å²) in [5, 5.41) is 0. The molecule has 10 heteroatoms. The quantitative estimate of drug-likeness (QED) is 0.407. The van der Waals surface area contributed by atoms with E-state index >= 15 is 0 Å². The van der Waals surface area contributed by atoms with Crippen LogP contribution in [-0.4, -0.2) is 97.1 Å². The smallest absolute Gasteiger partial charge is 0.272 e. The zero-order valence-electron chi connectivity index (χ0n) is 26.4. The van der Waals surface area contributed by atoms with Gasteiger partial charge in [0.15, 0.2) is 0 Å². The molecule has 1 aliphatic carbocycles. The molecular formula is C33H49N5O4S. The lowest BCUT2D eigenvalue weighted by Gasteiger charge is -2.43. The van der Waals surface area contributed by atoms with Crippen molar-refractivity contribution in [3.63, 3.8) is 0 Å². The number of piperidine rings is 2. The maximum atomic E-state index is 13.6. The van der Waals surface area contributed by atoms with Crippen molar-refractivity contribution in [1.29, 1.82) is 0 Å². The predicted molar refractivity (Wildman–Crippen MR) is 169 cm³/mol. The van der Waals surface area contributed by atoms with Gasteiger partial charge in [0.25, 0.3) is 5.91 Å². The lowest BCUT2D eigenvalue weighted by atomic mass is 9.76. The molecule has 3 aliphatic rings. The monoisotopic (exact) mass is 611 g/mol. The second kappa shape index (κ2) is 14.0. The highest BCUT2D eigenvalue weighted by atomic mass is 32.2. The van der Waals surface area contributed by atoms with Gasteiger partial charge >= 0.3 is 0 Å². The number of ether oxygens (including phenoxy) is 1. The molecule has 0 N–H and O–H groups in total. The van der Waals surface area contributed by atoms with Gasteiger partial charge < -0.3 is 14.5 Å². The summed E-state index contributed by atoms with van der Waals surface area (Å²) in [6.07, 6.45) is 13.3. The topological polar surface area (TPSA) is 95.9 Å². The number of carbonyl (C=O) groups excluding carboxylic acids is 1. The SMILES string of the molecule is COc1ccc(C2CCCC(CCc3ncnc(C(=O)N4CCC(N5CCC(N(C)S(C)(=O)=O)CC5)CC4)c3C)C2)cc1. The Hall–Kier alpha value is -2.56. The van der Waals surface area contributed by atoms with E-state index in [-0.39, 0.29) is 11.9 Å². The van der Waals surface area contributed by atoms with Gasteiger partial charge in [-0.3, -0.25) is 4.79 Å². The molecule has 0 bridgehead atoms. The van der Waals surface area contributed by atoms with Crippen LogP contribution >= 0.6 is 0 Å². The van der Waals surface area contributed by atoms with E-state index < -0.39 is 10.0 Å². The maximum Gasteiger partial charge on any atom is 0.272 e. The summed E-state index contributed by atoms with van der Waals surface area (Å²) in [7, 11) is 0.235. The Morgan fingerprint density at radius 2 is 1.70 bits per heavy atom. The highest BCUT2D eigenvalue weighted by Gasteiger charge is 2.33. The van der Waals surface area contributed by atoms with E-state index in [4.69, 9.17) is 4.74 Å². The molecular weight excluding hydrogens is 562 g/mol. The van der Waals surface area contributed by atoms with Crippen molar-refractivity contribution >= 4 is 15.9 Å². The molecule has 1 saturated carbocycles. The summed E-state index contributed by atoms with van der Waals surface area (Å²) in [6, 6.07) is 9.07. The molecule has 2 unspecified atom stereocenters. The molecule has 2 aromatic rings. The first-order chi connectivity index (χ1) is 20.6. The van der Waals surface area contributed by atoms with Crippen LogP contribution in [-0.2, 0) is 16.4 Å². The largest absolute Gasteiger partial charge is 0.497 e. The minimum atomic E-state index is -3.16. The minimum Gasteiger partial charge on any atom is -0.497 e. The van der Waals surface area contributed by atoms with Crippen LogP contribution in [0, 0.1) is 12.8 Å². The third kappa shape index (κ3) is 7.75. The van der Waals surface area contributed by atoms with E-state index in [2.05, 4.69) is 39.1 Å². The van der Waals surface area contributed by atoms with Gasteiger partial charge in [-0.25, -0.2) is 22.7 Å². The molecule has 9 nitrogen and oxygen atoms in total. The number of likely N-dealkylation sites (tertiary alicyclic amines) is 2. The van der Waals surface area contributed by atoms with Crippen molar-refractivity contribution in [1.82, 2.24) is 24.1 Å². The van der Waals surface area contributed by atoms with Gasteiger partial charge in [0.1, 0.15) is 17.8 Å². The summed E-state index contributed by atoms with van der Waals surface area (Å²) in [5.41, 5.74) is 3.88. The summed E-state index contributed by atoms with van der Waals surface area (Å²) in [6.45, 7) is 5.26. The van der Waals surface area contributed by atoms with Crippen LogP contribution in [0.2, 0.25) is 0 Å². The standard InChI is InChI=1S/C33H49N5O4S/c1-24-31(13-8-25-6-5-7-27(22-25)26-9-11-30(42-3)12-10-26)34-23-35-32(24)33(39)38-20-16-29(17-21-38)37-18-14-28(15-19-37)36(2)43(4,40)41/h9-12,23,25,27-29H,5-8,13-22H2,1-4H3. The Morgan fingerprint density at radius 1 is 1.00 bits per heavy atom. The van der Waals surface area contributed by atoms with Crippen LogP contribution in [0.15, 0.2) is 30.6 Å². The van der Waals surface area contributed by atoms with Crippen molar-refractivity contribution in [2.45, 2.75) is 89.1 Å². The van der Waals surface area contributed by atoms with Gasteiger partial charge in [0, 0.05) is 43.5 Å². The molecule has 43 heavy (non-hydrogen) atoms. The van der Waals surface area contributed by atoms with E-state index in [9.17, 15) is 13.2 Å². The molecule has 0 spiro atoms. The molecule has 3 fully saturated rings. The summed E-state index contributed by atoms with van der Waals surface area (Å²) >= 11 is 0. The number of nitrogens with zero attached hydrogens (tertiary/aromatic N) is 5. The minimum absolute atomic E-state index is 0.0188. The number of benzene rings is 1. The molecule has 1 aromatic carbocycles. The number of amides is 1. The summed E-state index contributed by atoms with van der Waals surface area (Å²) < 4.78 is 30.7. The van der Waals surface area contributed by atoms with Gasteiger partial charge in [0.2, 0.25) is 10.0 Å². The van der Waals surface area contributed by atoms with Crippen LogP contribution < -0.4 is 4.74 Å². The van der Waals surface area contributed by atoms with Crippen LogP contribution in [0.3, 0.4) is 0 Å². The number of sulfonamides is 1. The van der Waals surface area contributed by atoms with Crippen molar-refractivity contribution in [3.05, 3.63) is 53.1 Å². The number of hydrogen-bond acceptors (Lipinski definition) is 7. The first-order valence-electron chi connectivity index (χ1n) is 16.0. The molecule has 236 valence electrons. The second-order valence-corrected chi connectivity index (χ2v) is 14.9. The lowest BCUT2D eigenvalue weighted by Crippen LogP contribution is -2.52. The normalized spacial score (nSPS) is 23.0. The number of rotatable bonds is 9. The molecule has 2 saturated heterocycles. The number of methoxy groups -OCH3 is 1. The Bertz CT molecular complexity index is 1340. The van der Waals surface area contributed by atoms with E-state index in [1.54, 1.807) is 20.5 Å². The molecule has 2 aliphatic heterocycles. The second-order valence-electron chi connectivity index (χ2n) is 12.9. The molecule has 1 amide bonds. The highest BCUT2D eigenvalue weighted by Crippen LogP contribution is 2.38. The molecule has 1 aromatic heterocycles. The van der Waals surface area contributed by atoms with E-state index in [0.717, 1.165) is 81.7 Å². The van der Waals surface area contributed by atoms with Crippen LogP contribution in [0.5, 0.6) is 5.75 Å². The van der Waals surface area contributed by atoms with E-state index in [0.29, 0.717) is 23.6 Å². The number of aromatic nitrogens is 2. The van der Waals surface area contributed by atoms with Crippen molar-refractivity contribution in [2.75, 3.05) is 46.6 Å². The van der Waals surface area contributed by atoms with Crippen LogP contribution in [0.4, 0.5) is 0 Å². The van der Waals surface area contributed by atoms with Crippen LogP contribution in [0.25, 0.3) is 0 Å². The lowest BCUT2D eigenvalue weighted by molar-refractivity contribution is 0.0542. The number of hydrogen-bond donors (Lipinski definition) is 0. The van der Waals surface area contributed by atoms with Gasteiger partial charge in [-0.05, 0) is 101 Å². The van der Waals surface area contributed by atoms with E-state index in [1.165, 1.54) is 41.8 Å². The highest BCUT2D eigenvalue weighted by molar-refractivity contribution is 7.88. The maximum absolute atomic E-state index is 13.6. The number of carbonyl (C=O) groups is 1. The van der Waals surface area contributed by atoms with Crippen molar-refractivity contribution in [2.24, 2.45) is 5.92 Å². The van der Waals surface area contributed by atoms with Crippen LogP contribution in [0.1, 0.15) is 91.0 Å². The zero-order valence-corrected chi connectivity index (χ0v) is 27.2. The Balaban J connectivity index is 1.11. The van der Waals surface area contributed by atoms with Gasteiger partial charge in [-0.1, -0.05) is 25.0 Å². The number of aryl methyl sites for hydroxylation is 1. The Kier molecular flexibility index (Phi) is 10.4. The fourth-order valence-electron chi connectivity index (χ4n) is 7.50. The van der Waals surface area contributed by atoms with E-state index in [1.807, 2.05) is 11.8 Å². The summed E-state index contributed by atoms with van der Waals surface area (Å²) in [4.78, 5) is 27.1. The fourth-order valence-corrected chi connectivity index (χ4v) is 8.25. The first kappa shape index (κ1) is 31.9. The molecule has 2 atom stereocenters. The first-order valence-corrected chi connectivity index (χ1v) is 17.9. The molecule has 5 rings (SSSR count). The summed E-state index contributed by atoms with van der Waals surface area (Å²) in [5.74, 6) is 2.17. The third-order valence-corrected chi connectivity index (χ3v) is 11.7. The molecule has 3 heterocycles. The van der Waals surface area contributed by atoms with Crippen molar-refractivity contribution in [3.8, 4) is 5.75 Å². The average molecular weight is 612 g/mol. The third-order valence-electron chi connectivity index (χ3n) is 10.4. The van der Waals surface area contributed by atoms with Gasteiger partial charge in [-0.2, -0.15) is 0 Å². The molecule has 0 radical (unpaired) electrons. The zero-order chi connectivity index (χ0) is 30.6. The van der Waals surface area contributed by atoms with Gasteiger partial charge in [0.05, 0.1) is 13.4 Å². The Morgan fingerprint density at radius 3 is 2.35 bits per heavy atom. The van der Waals surface area contributed by atoms with Crippen molar-refractivity contribution < 1.29 is 17.9 Å². The Labute approximate surface area is 258 Å². The van der Waals surface area contributed by atoms with Gasteiger partial charge in [-0.15, -0.1) is 0 Å².